The van der Waals surface area contributed by atoms with Crippen molar-refractivity contribution in [2.45, 2.75) is 19.4 Å². The van der Waals surface area contributed by atoms with E-state index in [4.69, 9.17) is 5.73 Å². The summed E-state index contributed by atoms with van der Waals surface area (Å²) in [6, 6.07) is 0.220. The lowest BCUT2D eigenvalue weighted by atomic mass is 10.2. The summed E-state index contributed by atoms with van der Waals surface area (Å²) in [4.78, 5) is 8.31. The fourth-order valence-electron chi connectivity index (χ4n) is 1.48. The molecule has 74 valence electrons. The van der Waals surface area contributed by atoms with Gasteiger partial charge < -0.3 is 10.3 Å². The van der Waals surface area contributed by atoms with Crippen LogP contribution in [0.2, 0.25) is 0 Å². The molecule has 0 aliphatic rings. The minimum absolute atomic E-state index is 0.220. The van der Waals surface area contributed by atoms with E-state index in [1.807, 2.05) is 22.3 Å². The molecule has 5 heteroatoms. The Labute approximate surface area is 86.4 Å². The van der Waals surface area contributed by atoms with Gasteiger partial charge in [0, 0.05) is 24.0 Å². The van der Waals surface area contributed by atoms with Crippen molar-refractivity contribution in [2.75, 3.05) is 5.73 Å². The molecule has 2 aromatic rings. The van der Waals surface area contributed by atoms with Gasteiger partial charge in [0.15, 0.2) is 0 Å². The molecule has 0 aromatic carbocycles. The maximum Gasteiger partial charge on any atom is 0.200 e. The van der Waals surface area contributed by atoms with Crippen molar-refractivity contribution < 1.29 is 0 Å². The van der Waals surface area contributed by atoms with Crippen LogP contribution >= 0.6 is 11.3 Å². The zero-order valence-electron chi connectivity index (χ0n) is 7.92. The average molecular weight is 208 g/mol. The minimum Gasteiger partial charge on any atom is -0.369 e. The largest absolute Gasteiger partial charge is 0.369 e. The van der Waals surface area contributed by atoms with Crippen molar-refractivity contribution in [1.82, 2.24) is 14.5 Å². The quantitative estimate of drug-likeness (QED) is 0.838. The Bertz CT molecular complexity index is 393. The number of hydrogen-bond donors (Lipinski definition) is 1. The van der Waals surface area contributed by atoms with Crippen LogP contribution in [0.1, 0.15) is 24.4 Å². The standard InChI is InChI=1S/C9H12N4S/c1-2-7(8-11-4-6-14-8)13-5-3-12-9(13)10/h3-7H,2H2,1H3,(H2,10,12). The second-order valence-electron chi connectivity index (χ2n) is 2.99. The first-order valence-electron chi connectivity index (χ1n) is 4.50. The molecule has 2 N–H and O–H groups in total. The van der Waals surface area contributed by atoms with E-state index in [1.165, 1.54) is 0 Å². The summed E-state index contributed by atoms with van der Waals surface area (Å²) in [6.45, 7) is 2.12. The summed E-state index contributed by atoms with van der Waals surface area (Å²) in [7, 11) is 0. The summed E-state index contributed by atoms with van der Waals surface area (Å²) in [5, 5.41) is 3.06. The average Bonchev–Trinajstić information content (AvgIpc) is 2.80. The number of hydrogen-bond acceptors (Lipinski definition) is 4. The number of nitrogens with two attached hydrogens (primary N) is 1. The molecule has 0 aliphatic heterocycles. The molecule has 4 nitrogen and oxygen atoms in total. The number of nitrogens with zero attached hydrogens (tertiary/aromatic N) is 3. The fraction of sp³-hybridized carbons (Fsp3) is 0.333. The van der Waals surface area contributed by atoms with Crippen LogP contribution in [0.25, 0.3) is 0 Å². The Kier molecular flexibility index (Phi) is 2.49. The lowest BCUT2D eigenvalue weighted by molar-refractivity contribution is 0.571. The normalized spacial score (nSPS) is 12.9. The SMILES string of the molecule is CCC(c1nccs1)n1ccnc1N. The Balaban J connectivity index is 2.36. The third kappa shape index (κ3) is 1.50. The second-order valence-corrected chi connectivity index (χ2v) is 3.91. The highest BCUT2D eigenvalue weighted by molar-refractivity contribution is 7.09. The third-order valence-electron chi connectivity index (χ3n) is 2.16. The molecule has 2 rings (SSSR count). The molecular weight excluding hydrogens is 196 g/mol. The molecule has 1 atom stereocenters. The first kappa shape index (κ1) is 9.21. The number of nitrogen functional groups attached to an aromatic ring is 1. The predicted molar refractivity (Wildman–Crippen MR) is 57.2 cm³/mol. The summed E-state index contributed by atoms with van der Waals surface area (Å²) in [6.07, 6.45) is 6.39. The highest BCUT2D eigenvalue weighted by atomic mass is 32.1. The van der Waals surface area contributed by atoms with E-state index >= 15 is 0 Å². The lowest BCUT2D eigenvalue weighted by Gasteiger charge is -2.14. The summed E-state index contributed by atoms with van der Waals surface area (Å²) in [5.41, 5.74) is 5.75. The number of anilines is 1. The summed E-state index contributed by atoms with van der Waals surface area (Å²) >= 11 is 1.65. The van der Waals surface area contributed by atoms with E-state index in [0.717, 1.165) is 11.4 Å². The number of aromatic nitrogens is 3. The van der Waals surface area contributed by atoms with Crippen LogP contribution in [-0.4, -0.2) is 14.5 Å². The molecule has 0 fully saturated rings. The van der Waals surface area contributed by atoms with E-state index in [9.17, 15) is 0 Å². The highest BCUT2D eigenvalue weighted by Crippen LogP contribution is 2.25. The van der Waals surface area contributed by atoms with Gasteiger partial charge in [-0.15, -0.1) is 11.3 Å². The molecule has 0 amide bonds. The van der Waals surface area contributed by atoms with Crippen LogP contribution in [0.15, 0.2) is 24.0 Å². The maximum absolute atomic E-state index is 5.75. The molecule has 1 unspecified atom stereocenters. The molecule has 0 saturated carbocycles. The molecule has 14 heavy (non-hydrogen) atoms. The maximum atomic E-state index is 5.75. The van der Waals surface area contributed by atoms with Gasteiger partial charge in [-0.25, -0.2) is 9.97 Å². The van der Waals surface area contributed by atoms with Crippen molar-refractivity contribution in [2.24, 2.45) is 0 Å². The van der Waals surface area contributed by atoms with Gasteiger partial charge in [-0.1, -0.05) is 6.92 Å². The van der Waals surface area contributed by atoms with E-state index in [2.05, 4.69) is 16.9 Å². The van der Waals surface area contributed by atoms with Gasteiger partial charge in [-0.05, 0) is 6.42 Å². The lowest BCUT2D eigenvalue weighted by Crippen LogP contribution is -2.11. The molecule has 2 aromatic heterocycles. The van der Waals surface area contributed by atoms with Gasteiger partial charge >= 0.3 is 0 Å². The molecule has 0 radical (unpaired) electrons. The van der Waals surface area contributed by atoms with Crippen LogP contribution in [0.4, 0.5) is 5.95 Å². The van der Waals surface area contributed by atoms with Crippen molar-refractivity contribution in [3.8, 4) is 0 Å². The summed E-state index contributed by atoms with van der Waals surface area (Å²) in [5.74, 6) is 0.548. The zero-order valence-corrected chi connectivity index (χ0v) is 8.74. The predicted octanol–water partition coefficient (Wildman–Crippen LogP) is 1.92. The van der Waals surface area contributed by atoms with Gasteiger partial charge in [0.05, 0.1) is 6.04 Å². The molecule has 0 aliphatic carbocycles. The van der Waals surface area contributed by atoms with Gasteiger partial charge in [0.25, 0.3) is 0 Å². The van der Waals surface area contributed by atoms with Crippen LogP contribution < -0.4 is 5.73 Å². The Morgan fingerprint density at radius 3 is 2.86 bits per heavy atom. The smallest absolute Gasteiger partial charge is 0.200 e. The van der Waals surface area contributed by atoms with Crippen LogP contribution in [0.3, 0.4) is 0 Å². The van der Waals surface area contributed by atoms with E-state index in [0.29, 0.717) is 5.95 Å². The van der Waals surface area contributed by atoms with Crippen LogP contribution in [-0.2, 0) is 0 Å². The van der Waals surface area contributed by atoms with E-state index in [1.54, 1.807) is 17.5 Å². The van der Waals surface area contributed by atoms with Crippen molar-refractivity contribution >= 4 is 17.3 Å². The minimum atomic E-state index is 0.220. The Morgan fingerprint density at radius 2 is 2.36 bits per heavy atom. The third-order valence-corrected chi connectivity index (χ3v) is 3.03. The monoisotopic (exact) mass is 208 g/mol. The van der Waals surface area contributed by atoms with Gasteiger partial charge in [-0.3, -0.25) is 0 Å². The molecule has 2 heterocycles. The van der Waals surface area contributed by atoms with Crippen molar-refractivity contribution in [3.63, 3.8) is 0 Å². The Morgan fingerprint density at radius 1 is 1.50 bits per heavy atom. The van der Waals surface area contributed by atoms with Gasteiger partial charge in [0.1, 0.15) is 5.01 Å². The van der Waals surface area contributed by atoms with E-state index in [-0.39, 0.29) is 6.04 Å². The molecule has 0 saturated heterocycles. The highest BCUT2D eigenvalue weighted by Gasteiger charge is 2.15. The van der Waals surface area contributed by atoms with Crippen LogP contribution in [0.5, 0.6) is 0 Å². The topological polar surface area (TPSA) is 56.7 Å². The molecule has 0 spiro atoms. The number of thiazole rings is 1. The summed E-state index contributed by atoms with van der Waals surface area (Å²) < 4.78 is 1.96. The Hall–Kier alpha value is -1.36. The zero-order chi connectivity index (χ0) is 9.97. The number of rotatable bonds is 3. The van der Waals surface area contributed by atoms with Crippen LogP contribution in [0, 0.1) is 0 Å². The molecular formula is C9H12N4S. The van der Waals surface area contributed by atoms with Gasteiger partial charge in [0.2, 0.25) is 5.95 Å². The van der Waals surface area contributed by atoms with Crippen molar-refractivity contribution in [1.29, 1.82) is 0 Å². The van der Waals surface area contributed by atoms with Crippen molar-refractivity contribution in [3.05, 3.63) is 29.0 Å². The fourth-order valence-corrected chi connectivity index (χ4v) is 2.30. The first-order valence-corrected chi connectivity index (χ1v) is 5.38. The molecule has 0 bridgehead atoms. The second kappa shape index (κ2) is 3.79. The first-order chi connectivity index (χ1) is 6.83. The van der Waals surface area contributed by atoms with E-state index < -0.39 is 0 Å². The number of imidazole rings is 1. The van der Waals surface area contributed by atoms with Gasteiger partial charge in [-0.2, -0.15) is 0 Å².